The molecule has 0 bridgehead atoms. The fraction of sp³-hybridized carbons (Fsp3) is 0.737. The van der Waals surface area contributed by atoms with Crippen molar-refractivity contribution in [1.29, 1.82) is 0 Å². The fourth-order valence-electron chi connectivity index (χ4n) is 2.41. The molecule has 0 heterocycles. The summed E-state index contributed by atoms with van der Waals surface area (Å²) in [6, 6.07) is 0. The van der Waals surface area contributed by atoms with Crippen molar-refractivity contribution >= 4 is 5.97 Å². The van der Waals surface area contributed by atoms with E-state index in [1.807, 2.05) is 0 Å². The van der Waals surface area contributed by atoms with Crippen LogP contribution in [0.5, 0.6) is 0 Å². The third kappa shape index (κ3) is 17.1. The lowest BCUT2D eigenvalue weighted by Crippen LogP contribution is -1.94. The fourth-order valence-corrected chi connectivity index (χ4v) is 2.41. The van der Waals surface area contributed by atoms with Crippen molar-refractivity contribution in [1.82, 2.24) is 0 Å². The summed E-state index contributed by atoms with van der Waals surface area (Å²) in [6.07, 6.45) is 18.6. The number of carbonyl (C=O) groups is 1. The first-order valence-electron chi connectivity index (χ1n) is 9.01. The molecule has 0 aliphatic heterocycles. The summed E-state index contributed by atoms with van der Waals surface area (Å²) in [4.78, 5) is 14.6. The van der Waals surface area contributed by atoms with Gasteiger partial charge >= 0.3 is 5.97 Å². The minimum atomic E-state index is -0.696. The van der Waals surface area contributed by atoms with Gasteiger partial charge < -0.3 is 5.11 Å². The van der Waals surface area contributed by atoms with E-state index in [9.17, 15) is 4.79 Å². The Kier molecular flexibility index (Phi) is 16.4. The van der Waals surface area contributed by atoms with Gasteiger partial charge in [-0.2, -0.15) is 0 Å². The molecule has 0 saturated heterocycles. The van der Waals surface area contributed by atoms with Crippen LogP contribution in [0.25, 0.3) is 0 Å². The Hall–Kier alpha value is -1.13. The molecule has 0 unspecified atom stereocenters. The molecule has 0 aromatic heterocycles. The molecule has 4 nitrogen and oxygen atoms in total. The predicted octanol–water partition coefficient (Wildman–Crippen LogP) is 5.74. The van der Waals surface area contributed by atoms with Gasteiger partial charge in [0.05, 0.1) is 0 Å². The van der Waals surface area contributed by atoms with Crippen molar-refractivity contribution in [3.63, 3.8) is 0 Å². The molecular weight excluding hydrogens is 292 g/mol. The minimum Gasteiger partial charge on any atom is -0.481 e. The number of allylic oxidation sites excluding steroid dienone is 3. The van der Waals surface area contributed by atoms with E-state index < -0.39 is 5.97 Å². The highest BCUT2D eigenvalue weighted by atomic mass is 17.1. The summed E-state index contributed by atoms with van der Waals surface area (Å²) < 4.78 is 0. The highest BCUT2D eigenvalue weighted by Gasteiger charge is 1.97. The normalized spacial score (nSPS) is 12.2. The van der Waals surface area contributed by atoms with Crippen LogP contribution < -0.4 is 0 Å². The van der Waals surface area contributed by atoms with E-state index >= 15 is 0 Å². The Balaban J connectivity index is 3.65. The summed E-state index contributed by atoms with van der Waals surface area (Å²) in [5.41, 5.74) is 1.13. The standard InChI is InChI=1S/C19H34O4/c1-2-3-4-11-14-18(17-23-22)15-12-9-7-5-6-8-10-13-16-19(20)21/h9,12,14,22H,2-8,10-11,13,15-17H2,1H3,(H,20,21)/b12-9-,18-14+. The maximum absolute atomic E-state index is 10.4. The molecule has 4 heteroatoms. The number of hydrogen-bond acceptors (Lipinski definition) is 3. The molecule has 0 aromatic rings. The van der Waals surface area contributed by atoms with Crippen LogP contribution in [0.3, 0.4) is 0 Å². The van der Waals surface area contributed by atoms with Crippen LogP contribution in [-0.4, -0.2) is 22.9 Å². The maximum atomic E-state index is 10.4. The third-order valence-corrected chi connectivity index (χ3v) is 3.80. The van der Waals surface area contributed by atoms with Crippen LogP contribution in [0, 0.1) is 0 Å². The largest absolute Gasteiger partial charge is 0.481 e. The molecule has 0 spiro atoms. The van der Waals surface area contributed by atoms with Crippen LogP contribution in [0.4, 0.5) is 0 Å². The van der Waals surface area contributed by atoms with E-state index in [-0.39, 0.29) is 0 Å². The number of unbranched alkanes of at least 4 members (excludes halogenated alkanes) is 8. The van der Waals surface area contributed by atoms with E-state index in [1.165, 1.54) is 19.3 Å². The first-order chi connectivity index (χ1) is 11.2. The van der Waals surface area contributed by atoms with E-state index in [1.54, 1.807) is 0 Å². The molecule has 0 aliphatic rings. The number of rotatable bonds is 16. The molecule has 23 heavy (non-hydrogen) atoms. The zero-order valence-corrected chi connectivity index (χ0v) is 14.6. The van der Waals surface area contributed by atoms with Gasteiger partial charge in [0.2, 0.25) is 0 Å². The van der Waals surface area contributed by atoms with Crippen molar-refractivity contribution < 1.29 is 20.0 Å². The lowest BCUT2D eigenvalue weighted by Gasteiger charge is -2.02. The molecule has 0 radical (unpaired) electrons. The van der Waals surface area contributed by atoms with E-state index in [0.717, 1.165) is 56.9 Å². The average Bonchev–Trinajstić information content (AvgIpc) is 2.52. The number of hydrogen-bond donors (Lipinski definition) is 2. The quantitative estimate of drug-likeness (QED) is 0.164. The van der Waals surface area contributed by atoms with Crippen molar-refractivity contribution in [2.45, 2.75) is 84.0 Å². The summed E-state index contributed by atoms with van der Waals surface area (Å²) >= 11 is 0. The molecule has 0 aliphatic carbocycles. The Labute approximate surface area is 141 Å². The zero-order chi connectivity index (χ0) is 17.2. The minimum absolute atomic E-state index is 0.292. The van der Waals surface area contributed by atoms with Gasteiger partial charge in [0.15, 0.2) is 0 Å². The SMILES string of the molecule is CCCCC/C=C(\C/C=C\CCCCCCCC(=O)O)COO. The van der Waals surface area contributed by atoms with Gasteiger partial charge in [-0.25, -0.2) is 4.89 Å². The van der Waals surface area contributed by atoms with Crippen LogP contribution in [-0.2, 0) is 9.68 Å². The molecule has 0 fully saturated rings. The van der Waals surface area contributed by atoms with Crippen LogP contribution >= 0.6 is 0 Å². The van der Waals surface area contributed by atoms with Gasteiger partial charge in [-0.1, -0.05) is 57.3 Å². The van der Waals surface area contributed by atoms with Gasteiger partial charge in [0, 0.05) is 6.42 Å². The lowest BCUT2D eigenvalue weighted by atomic mass is 10.1. The van der Waals surface area contributed by atoms with Crippen molar-refractivity contribution in [2.24, 2.45) is 0 Å². The van der Waals surface area contributed by atoms with E-state index in [2.05, 4.69) is 30.0 Å². The van der Waals surface area contributed by atoms with Crippen molar-refractivity contribution in [3.05, 3.63) is 23.8 Å². The van der Waals surface area contributed by atoms with Crippen molar-refractivity contribution in [2.75, 3.05) is 6.61 Å². The van der Waals surface area contributed by atoms with Crippen LogP contribution in [0.1, 0.15) is 84.0 Å². The summed E-state index contributed by atoms with van der Waals surface area (Å²) in [6.45, 7) is 2.48. The molecular formula is C19H34O4. The smallest absolute Gasteiger partial charge is 0.303 e. The Morgan fingerprint density at radius 1 is 0.957 bits per heavy atom. The van der Waals surface area contributed by atoms with E-state index in [4.69, 9.17) is 10.4 Å². The van der Waals surface area contributed by atoms with E-state index in [0.29, 0.717) is 13.0 Å². The molecule has 134 valence electrons. The van der Waals surface area contributed by atoms with Gasteiger partial charge in [-0.3, -0.25) is 10.1 Å². The van der Waals surface area contributed by atoms with Crippen LogP contribution in [0.15, 0.2) is 23.8 Å². The summed E-state index contributed by atoms with van der Waals surface area (Å²) in [5.74, 6) is -0.696. The van der Waals surface area contributed by atoms with Gasteiger partial charge in [-0.05, 0) is 44.1 Å². The number of carboxylic acid groups (broad SMARTS) is 1. The highest BCUT2D eigenvalue weighted by molar-refractivity contribution is 5.66. The monoisotopic (exact) mass is 326 g/mol. The first kappa shape index (κ1) is 21.9. The average molecular weight is 326 g/mol. The number of aliphatic carboxylic acids is 1. The maximum Gasteiger partial charge on any atom is 0.303 e. The molecule has 0 amide bonds. The first-order valence-corrected chi connectivity index (χ1v) is 9.01. The van der Waals surface area contributed by atoms with Crippen molar-refractivity contribution in [3.8, 4) is 0 Å². The molecule has 0 rings (SSSR count). The highest BCUT2D eigenvalue weighted by Crippen LogP contribution is 2.10. The molecule has 0 saturated carbocycles. The van der Waals surface area contributed by atoms with Gasteiger partial charge in [-0.15, -0.1) is 0 Å². The Bertz CT molecular complexity index is 334. The molecule has 0 atom stereocenters. The summed E-state index contributed by atoms with van der Waals surface area (Å²) in [5, 5.41) is 17.2. The zero-order valence-electron chi connectivity index (χ0n) is 14.6. The Morgan fingerprint density at radius 2 is 1.65 bits per heavy atom. The lowest BCUT2D eigenvalue weighted by molar-refractivity contribution is -0.234. The van der Waals surface area contributed by atoms with Gasteiger partial charge in [0.1, 0.15) is 6.61 Å². The Morgan fingerprint density at radius 3 is 2.35 bits per heavy atom. The van der Waals surface area contributed by atoms with Crippen LogP contribution in [0.2, 0.25) is 0 Å². The molecule has 0 aromatic carbocycles. The number of carboxylic acids is 1. The van der Waals surface area contributed by atoms with Gasteiger partial charge in [0.25, 0.3) is 0 Å². The third-order valence-electron chi connectivity index (χ3n) is 3.80. The predicted molar refractivity (Wildman–Crippen MR) is 94.5 cm³/mol. The second-order valence-electron chi connectivity index (χ2n) is 6.01. The topological polar surface area (TPSA) is 66.8 Å². The molecule has 2 N–H and O–H groups in total. The summed E-state index contributed by atoms with van der Waals surface area (Å²) in [7, 11) is 0. The second-order valence-corrected chi connectivity index (χ2v) is 6.01. The second kappa shape index (κ2) is 17.2.